The quantitative estimate of drug-likeness (QED) is 0.312. The van der Waals surface area contributed by atoms with E-state index in [4.69, 9.17) is 9.97 Å². The van der Waals surface area contributed by atoms with Gasteiger partial charge in [0.1, 0.15) is 5.82 Å². The lowest BCUT2D eigenvalue weighted by atomic mass is 9.97. The Morgan fingerprint density at radius 2 is 1.52 bits per heavy atom. The summed E-state index contributed by atoms with van der Waals surface area (Å²) < 4.78 is 0. The maximum atomic E-state index is 4.96. The number of para-hydroxylation sites is 1. The van der Waals surface area contributed by atoms with Crippen LogP contribution in [0.2, 0.25) is 0 Å². The Labute approximate surface area is 194 Å². The first-order valence-corrected chi connectivity index (χ1v) is 11.3. The Kier molecular flexibility index (Phi) is 5.81. The maximum absolute atomic E-state index is 4.96. The first-order valence-electron chi connectivity index (χ1n) is 11.3. The first-order chi connectivity index (χ1) is 16.2. The van der Waals surface area contributed by atoms with Crippen LogP contribution in [0.15, 0.2) is 97.2 Å². The summed E-state index contributed by atoms with van der Waals surface area (Å²) >= 11 is 0. The van der Waals surface area contributed by atoms with Gasteiger partial charge in [-0.15, -0.1) is 0 Å². The fourth-order valence-corrected chi connectivity index (χ4v) is 4.05. The van der Waals surface area contributed by atoms with Crippen molar-refractivity contribution in [3.63, 3.8) is 0 Å². The summed E-state index contributed by atoms with van der Waals surface area (Å²) in [6.45, 7) is 5.08. The standard InChI is InChI=1S/C29H26N4/c1-20(2)23-9-3-4-10-24(23)29-32-27-13-6-5-11-25(27)28(33-29)31-19-21-14-16-22(17-15-21)26-12-7-8-18-30-26/h3-18,20H,19H2,1-2H3,(H,31,32,33). The van der Waals surface area contributed by atoms with Gasteiger partial charge in [0.05, 0.1) is 11.2 Å². The molecule has 0 atom stereocenters. The third-order valence-electron chi connectivity index (χ3n) is 5.80. The van der Waals surface area contributed by atoms with Crippen LogP contribution in [-0.2, 0) is 6.54 Å². The molecule has 0 spiro atoms. The van der Waals surface area contributed by atoms with Gasteiger partial charge in [-0.25, -0.2) is 9.97 Å². The number of benzene rings is 3. The number of hydrogen-bond donors (Lipinski definition) is 1. The van der Waals surface area contributed by atoms with Gasteiger partial charge in [0.15, 0.2) is 5.82 Å². The maximum Gasteiger partial charge on any atom is 0.162 e. The zero-order valence-corrected chi connectivity index (χ0v) is 18.9. The average molecular weight is 431 g/mol. The second-order valence-corrected chi connectivity index (χ2v) is 8.42. The third kappa shape index (κ3) is 4.46. The minimum absolute atomic E-state index is 0.394. The molecule has 0 amide bonds. The van der Waals surface area contributed by atoms with Crippen LogP contribution in [0.3, 0.4) is 0 Å². The number of aromatic nitrogens is 3. The first kappa shape index (κ1) is 20.8. The van der Waals surface area contributed by atoms with Crippen molar-refractivity contribution in [2.75, 3.05) is 5.32 Å². The fourth-order valence-electron chi connectivity index (χ4n) is 4.05. The van der Waals surface area contributed by atoms with E-state index < -0.39 is 0 Å². The minimum atomic E-state index is 0.394. The van der Waals surface area contributed by atoms with Gasteiger partial charge < -0.3 is 5.32 Å². The molecule has 33 heavy (non-hydrogen) atoms. The van der Waals surface area contributed by atoms with Gasteiger partial charge in [-0.1, -0.05) is 80.6 Å². The van der Waals surface area contributed by atoms with E-state index in [9.17, 15) is 0 Å². The molecule has 0 aliphatic heterocycles. The predicted molar refractivity (Wildman–Crippen MR) is 136 cm³/mol. The molecule has 4 heteroatoms. The molecule has 1 N–H and O–H groups in total. The summed E-state index contributed by atoms with van der Waals surface area (Å²) in [6, 6.07) is 31.0. The molecule has 2 heterocycles. The number of hydrogen-bond acceptors (Lipinski definition) is 4. The van der Waals surface area contributed by atoms with E-state index in [-0.39, 0.29) is 0 Å². The molecule has 3 aromatic carbocycles. The lowest BCUT2D eigenvalue weighted by molar-refractivity contribution is 0.866. The summed E-state index contributed by atoms with van der Waals surface area (Å²) in [4.78, 5) is 14.3. The van der Waals surface area contributed by atoms with Crippen molar-refractivity contribution in [3.05, 3.63) is 108 Å². The number of fused-ring (bicyclic) bond motifs is 1. The number of anilines is 1. The van der Waals surface area contributed by atoms with Crippen LogP contribution in [0.4, 0.5) is 5.82 Å². The molecule has 0 unspecified atom stereocenters. The van der Waals surface area contributed by atoms with Crippen molar-refractivity contribution in [3.8, 4) is 22.6 Å². The number of nitrogens with one attached hydrogen (secondary N) is 1. The number of pyridine rings is 1. The SMILES string of the molecule is CC(C)c1ccccc1-c1nc(NCc2ccc(-c3ccccn3)cc2)c2ccccc2n1. The summed E-state index contributed by atoms with van der Waals surface area (Å²) in [5, 5.41) is 4.58. The molecule has 0 aliphatic carbocycles. The van der Waals surface area contributed by atoms with Crippen molar-refractivity contribution in [2.24, 2.45) is 0 Å². The highest BCUT2D eigenvalue weighted by Crippen LogP contribution is 2.30. The lowest BCUT2D eigenvalue weighted by Crippen LogP contribution is -2.05. The van der Waals surface area contributed by atoms with Crippen LogP contribution in [0.25, 0.3) is 33.5 Å². The molecule has 0 saturated carbocycles. The monoisotopic (exact) mass is 430 g/mol. The van der Waals surface area contributed by atoms with Gasteiger partial charge in [-0.05, 0) is 41.3 Å². The molecule has 162 valence electrons. The van der Waals surface area contributed by atoms with Crippen molar-refractivity contribution >= 4 is 16.7 Å². The van der Waals surface area contributed by atoms with E-state index in [0.717, 1.165) is 39.4 Å². The van der Waals surface area contributed by atoms with Gasteiger partial charge in [-0.2, -0.15) is 0 Å². The summed E-state index contributed by atoms with van der Waals surface area (Å²) in [6.07, 6.45) is 1.82. The van der Waals surface area contributed by atoms with Crippen LogP contribution >= 0.6 is 0 Å². The molecule has 2 aromatic heterocycles. The molecule has 4 nitrogen and oxygen atoms in total. The average Bonchev–Trinajstić information content (AvgIpc) is 2.88. The summed E-state index contributed by atoms with van der Waals surface area (Å²) in [5.74, 6) is 2.00. The van der Waals surface area contributed by atoms with E-state index in [1.165, 1.54) is 11.1 Å². The van der Waals surface area contributed by atoms with Crippen LogP contribution in [0.1, 0.15) is 30.9 Å². The Balaban J connectivity index is 1.46. The number of nitrogens with zero attached hydrogens (tertiary/aromatic N) is 3. The second kappa shape index (κ2) is 9.21. The molecular weight excluding hydrogens is 404 g/mol. The zero-order chi connectivity index (χ0) is 22.6. The highest BCUT2D eigenvalue weighted by molar-refractivity contribution is 5.90. The molecule has 0 fully saturated rings. The largest absolute Gasteiger partial charge is 0.365 e. The Morgan fingerprint density at radius 1 is 0.758 bits per heavy atom. The fraction of sp³-hybridized carbons (Fsp3) is 0.138. The molecule has 5 rings (SSSR count). The van der Waals surface area contributed by atoms with E-state index in [2.05, 4.69) is 78.7 Å². The van der Waals surface area contributed by atoms with Gasteiger partial charge in [0, 0.05) is 29.3 Å². The lowest BCUT2D eigenvalue weighted by Gasteiger charge is -2.15. The van der Waals surface area contributed by atoms with Crippen LogP contribution in [-0.4, -0.2) is 15.0 Å². The third-order valence-corrected chi connectivity index (χ3v) is 5.80. The Morgan fingerprint density at radius 3 is 2.30 bits per heavy atom. The molecule has 0 bridgehead atoms. The molecule has 5 aromatic rings. The van der Waals surface area contributed by atoms with Crippen molar-refractivity contribution in [1.82, 2.24) is 15.0 Å². The Hall–Kier alpha value is -4.05. The van der Waals surface area contributed by atoms with E-state index in [1.54, 1.807) is 0 Å². The van der Waals surface area contributed by atoms with Gasteiger partial charge in [0.25, 0.3) is 0 Å². The second-order valence-electron chi connectivity index (χ2n) is 8.42. The van der Waals surface area contributed by atoms with Gasteiger partial charge in [-0.3, -0.25) is 4.98 Å². The van der Waals surface area contributed by atoms with E-state index in [0.29, 0.717) is 12.5 Å². The minimum Gasteiger partial charge on any atom is -0.365 e. The van der Waals surface area contributed by atoms with E-state index in [1.807, 2.05) is 42.6 Å². The summed E-state index contributed by atoms with van der Waals surface area (Å²) in [5.41, 5.74) is 6.55. The molecule has 0 aliphatic rings. The zero-order valence-electron chi connectivity index (χ0n) is 18.9. The van der Waals surface area contributed by atoms with Crippen molar-refractivity contribution in [1.29, 1.82) is 0 Å². The van der Waals surface area contributed by atoms with Crippen molar-refractivity contribution < 1.29 is 0 Å². The molecule has 0 saturated heterocycles. The Bertz CT molecular complexity index is 1380. The smallest absolute Gasteiger partial charge is 0.162 e. The topological polar surface area (TPSA) is 50.7 Å². The van der Waals surface area contributed by atoms with E-state index >= 15 is 0 Å². The molecular formula is C29H26N4. The summed E-state index contributed by atoms with van der Waals surface area (Å²) in [7, 11) is 0. The van der Waals surface area contributed by atoms with Crippen LogP contribution in [0, 0.1) is 0 Å². The highest BCUT2D eigenvalue weighted by atomic mass is 15.0. The normalized spacial score (nSPS) is 11.1. The number of rotatable bonds is 6. The molecule has 0 radical (unpaired) electrons. The van der Waals surface area contributed by atoms with Gasteiger partial charge >= 0.3 is 0 Å². The highest BCUT2D eigenvalue weighted by Gasteiger charge is 2.14. The van der Waals surface area contributed by atoms with Crippen LogP contribution < -0.4 is 5.32 Å². The van der Waals surface area contributed by atoms with Gasteiger partial charge in [0.2, 0.25) is 0 Å². The predicted octanol–water partition coefficient (Wildman–Crippen LogP) is 7.09. The van der Waals surface area contributed by atoms with Crippen LogP contribution in [0.5, 0.6) is 0 Å². The van der Waals surface area contributed by atoms with Crippen molar-refractivity contribution in [2.45, 2.75) is 26.3 Å².